The fourth-order valence-electron chi connectivity index (χ4n) is 4.14. The third-order valence-electron chi connectivity index (χ3n) is 5.62. The minimum atomic E-state index is -0.317. The van der Waals surface area contributed by atoms with Crippen molar-refractivity contribution in [3.63, 3.8) is 0 Å². The van der Waals surface area contributed by atoms with Crippen LogP contribution < -0.4 is 4.74 Å². The SMILES string of the molecule is COc1ccccc1C1=NN(C(=O)CN2CCCCC2)C(c2cccc(F)c2)C1. The minimum Gasteiger partial charge on any atom is -0.496 e. The van der Waals surface area contributed by atoms with Gasteiger partial charge in [-0.25, -0.2) is 9.40 Å². The predicted molar refractivity (Wildman–Crippen MR) is 110 cm³/mol. The molecule has 152 valence electrons. The van der Waals surface area contributed by atoms with Crippen LogP contribution in [-0.4, -0.2) is 48.3 Å². The molecular weight excluding hydrogens is 369 g/mol. The lowest BCUT2D eigenvalue weighted by Crippen LogP contribution is -2.40. The summed E-state index contributed by atoms with van der Waals surface area (Å²) < 4.78 is 19.4. The number of halogens is 1. The summed E-state index contributed by atoms with van der Waals surface area (Å²) in [6, 6.07) is 13.8. The second-order valence-electron chi connectivity index (χ2n) is 7.60. The molecule has 2 aromatic rings. The van der Waals surface area contributed by atoms with Gasteiger partial charge in [0.05, 0.1) is 25.4 Å². The van der Waals surface area contributed by atoms with E-state index in [1.807, 2.05) is 30.3 Å². The van der Waals surface area contributed by atoms with Crippen LogP contribution >= 0.6 is 0 Å². The lowest BCUT2D eigenvalue weighted by atomic mass is 9.98. The number of methoxy groups -OCH3 is 1. The number of likely N-dealkylation sites (tertiary alicyclic amines) is 1. The lowest BCUT2D eigenvalue weighted by molar-refractivity contribution is -0.134. The summed E-state index contributed by atoms with van der Waals surface area (Å²) >= 11 is 0. The van der Waals surface area contributed by atoms with Gasteiger partial charge < -0.3 is 4.74 Å². The molecule has 0 bridgehead atoms. The van der Waals surface area contributed by atoms with Crippen LogP contribution in [0.15, 0.2) is 53.6 Å². The van der Waals surface area contributed by atoms with Gasteiger partial charge in [-0.05, 0) is 55.8 Å². The molecule has 1 fully saturated rings. The molecule has 4 rings (SSSR count). The summed E-state index contributed by atoms with van der Waals surface area (Å²) in [6.07, 6.45) is 3.98. The minimum absolute atomic E-state index is 0.0499. The van der Waals surface area contributed by atoms with Crippen LogP contribution in [0, 0.1) is 5.82 Å². The number of carbonyl (C=O) groups is 1. The largest absolute Gasteiger partial charge is 0.496 e. The topological polar surface area (TPSA) is 45.1 Å². The number of benzene rings is 2. The number of rotatable bonds is 5. The first-order valence-electron chi connectivity index (χ1n) is 10.2. The molecule has 1 amide bonds. The molecule has 0 aromatic heterocycles. The van der Waals surface area contributed by atoms with Crippen LogP contribution in [0.25, 0.3) is 0 Å². The van der Waals surface area contributed by atoms with E-state index in [1.54, 1.807) is 18.2 Å². The average Bonchev–Trinajstić information content (AvgIpc) is 3.20. The van der Waals surface area contributed by atoms with Gasteiger partial charge in [0.2, 0.25) is 0 Å². The Kier molecular flexibility index (Phi) is 5.90. The molecule has 29 heavy (non-hydrogen) atoms. The molecule has 2 heterocycles. The summed E-state index contributed by atoms with van der Waals surface area (Å²) in [7, 11) is 1.62. The van der Waals surface area contributed by atoms with Crippen molar-refractivity contribution in [1.29, 1.82) is 0 Å². The van der Waals surface area contributed by atoms with Crippen molar-refractivity contribution in [2.24, 2.45) is 5.10 Å². The molecular formula is C23H26FN3O2. The van der Waals surface area contributed by atoms with Gasteiger partial charge in [0.1, 0.15) is 11.6 Å². The highest BCUT2D eigenvalue weighted by Crippen LogP contribution is 2.35. The third-order valence-corrected chi connectivity index (χ3v) is 5.62. The summed E-state index contributed by atoms with van der Waals surface area (Å²) in [6.45, 7) is 2.22. The second kappa shape index (κ2) is 8.74. The van der Waals surface area contributed by atoms with Crippen LogP contribution in [0.1, 0.15) is 42.9 Å². The molecule has 2 aromatic carbocycles. The fourth-order valence-corrected chi connectivity index (χ4v) is 4.14. The van der Waals surface area contributed by atoms with Crippen LogP contribution in [0.2, 0.25) is 0 Å². The first-order valence-corrected chi connectivity index (χ1v) is 10.2. The molecule has 2 aliphatic rings. The van der Waals surface area contributed by atoms with E-state index in [0.29, 0.717) is 13.0 Å². The average molecular weight is 395 g/mol. The van der Waals surface area contributed by atoms with Crippen molar-refractivity contribution in [2.45, 2.75) is 31.7 Å². The maximum absolute atomic E-state index is 13.9. The van der Waals surface area contributed by atoms with Gasteiger partial charge >= 0.3 is 0 Å². The highest BCUT2D eigenvalue weighted by molar-refractivity contribution is 6.05. The Morgan fingerprint density at radius 1 is 1.14 bits per heavy atom. The molecule has 0 saturated carbocycles. The van der Waals surface area contributed by atoms with E-state index >= 15 is 0 Å². The first kappa shape index (κ1) is 19.6. The van der Waals surface area contributed by atoms with Gasteiger partial charge in [-0.2, -0.15) is 5.10 Å². The number of ether oxygens (including phenoxy) is 1. The van der Waals surface area contributed by atoms with Gasteiger partial charge in [0, 0.05) is 12.0 Å². The molecule has 1 saturated heterocycles. The van der Waals surface area contributed by atoms with Crippen molar-refractivity contribution in [3.05, 3.63) is 65.5 Å². The molecule has 0 N–H and O–H groups in total. The number of amides is 1. The number of hydrogen-bond acceptors (Lipinski definition) is 4. The molecule has 2 aliphatic heterocycles. The van der Waals surface area contributed by atoms with Crippen molar-refractivity contribution in [3.8, 4) is 5.75 Å². The van der Waals surface area contributed by atoms with Gasteiger partial charge in [0.25, 0.3) is 5.91 Å². The third kappa shape index (κ3) is 4.32. The Bertz CT molecular complexity index is 909. The van der Waals surface area contributed by atoms with Crippen LogP contribution in [-0.2, 0) is 4.79 Å². The van der Waals surface area contributed by atoms with Gasteiger partial charge in [-0.15, -0.1) is 0 Å². The lowest BCUT2D eigenvalue weighted by Gasteiger charge is -2.29. The Morgan fingerprint density at radius 3 is 2.69 bits per heavy atom. The first-order chi connectivity index (χ1) is 14.2. The molecule has 0 spiro atoms. The molecule has 0 aliphatic carbocycles. The van der Waals surface area contributed by atoms with E-state index in [9.17, 15) is 9.18 Å². The van der Waals surface area contributed by atoms with Crippen LogP contribution in [0.5, 0.6) is 5.75 Å². The highest BCUT2D eigenvalue weighted by Gasteiger charge is 2.34. The van der Waals surface area contributed by atoms with E-state index in [4.69, 9.17) is 9.84 Å². The van der Waals surface area contributed by atoms with E-state index in [-0.39, 0.29) is 17.8 Å². The normalized spacial score (nSPS) is 19.9. The Labute approximate surface area is 170 Å². The molecule has 1 unspecified atom stereocenters. The van der Waals surface area contributed by atoms with Gasteiger partial charge in [-0.3, -0.25) is 9.69 Å². The number of para-hydroxylation sites is 1. The van der Waals surface area contributed by atoms with Crippen LogP contribution in [0.4, 0.5) is 4.39 Å². The summed E-state index contributed by atoms with van der Waals surface area (Å²) in [5.41, 5.74) is 2.40. The Morgan fingerprint density at radius 2 is 1.93 bits per heavy atom. The quantitative estimate of drug-likeness (QED) is 0.769. The fraction of sp³-hybridized carbons (Fsp3) is 0.391. The number of carbonyl (C=O) groups excluding carboxylic acids is 1. The second-order valence-corrected chi connectivity index (χ2v) is 7.60. The van der Waals surface area contributed by atoms with Gasteiger partial charge in [-0.1, -0.05) is 30.7 Å². The number of piperidine rings is 1. The molecule has 6 heteroatoms. The molecule has 5 nitrogen and oxygen atoms in total. The maximum atomic E-state index is 13.9. The molecule has 1 atom stereocenters. The highest BCUT2D eigenvalue weighted by atomic mass is 19.1. The van der Waals surface area contributed by atoms with E-state index in [1.165, 1.54) is 18.6 Å². The zero-order valence-electron chi connectivity index (χ0n) is 16.7. The van der Waals surface area contributed by atoms with E-state index in [0.717, 1.165) is 48.5 Å². The van der Waals surface area contributed by atoms with E-state index < -0.39 is 0 Å². The van der Waals surface area contributed by atoms with E-state index in [2.05, 4.69) is 4.90 Å². The number of hydrogen-bond donors (Lipinski definition) is 0. The van der Waals surface area contributed by atoms with Gasteiger partial charge in [0.15, 0.2) is 0 Å². The number of hydrazone groups is 1. The molecule has 0 radical (unpaired) electrons. The zero-order chi connectivity index (χ0) is 20.2. The summed E-state index contributed by atoms with van der Waals surface area (Å²) in [5, 5.41) is 6.24. The number of nitrogens with zero attached hydrogens (tertiary/aromatic N) is 3. The van der Waals surface area contributed by atoms with Crippen molar-refractivity contribution < 1.29 is 13.9 Å². The Balaban J connectivity index is 1.64. The predicted octanol–water partition coefficient (Wildman–Crippen LogP) is 4.00. The zero-order valence-corrected chi connectivity index (χ0v) is 16.7. The summed E-state index contributed by atoms with van der Waals surface area (Å²) in [4.78, 5) is 15.4. The van der Waals surface area contributed by atoms with Crippen LogP contribution in [0.3, 0.4) is 0 Å². The van der Waals surface area contributed by atoms with Crippen molar-refractivity contribution in [1.82, 2.24) is 9.91 Å². The smallest absolute Gasteiger partial charge is 0.257 e. The van der Waals surface area contributed by atoms with Crippen molar-refractivity contribution in [2.75, 3.05) is 26.7 Å². The van der Waals surface area contributed by atoms with Crippen molar-refractivity contribution >= 4 is 11.6 Å². The monoisotopic (exact) mass is 395 g/mol. The summed E-state index contributed by atoms with van der Waals surface area (Å²) in [5.74, 6) is 0.359. The Hall–Kier alpha value is -2.73. The maximum Gasteiger partial charge on any atom is 0.257 e. The standard InChI is InChI=1S/C23H26FN3O2/c1-29-22-11-4-3-10-19(22)20-15-21(17-8-7-9-18(24)14-17)27(25-20)23(28)16-26-12-5-2-6-13-26/h3-4,7-11,14,21H,2,5-6,12-13,15-16H2,1H3.